The largest absolute Gasteiger partial charge is 0.341 e. The minimum atomic E-state index is 1.28. The molecule has 2 nitrogen and oxygen atoms in total. The average Bonchev–Trinajstić information content (AvgIpc) is 2.94. The van der Waals surface area contributed by atoms with Gasteiger partial charge in [-0.25, -0.2) is 0 Å². The Labute approximate surface area is 156 Å². The highest BCUT2D eigenvalue weighted by atomic mass is 127. The summed E-state index contributed by atoms with van der Waals surface area (Å²) in [6, 6.07) is 17.2. The van der Waals surface area contributed by atoms with Crippen molar-refractivity contribution in [3.8, 4) is 11.4 Å². The molecule has 0 N–H and O–H groups in total. The van der Waals surface area contributed by atoms with Crippen molar-refractivity contribution in [1.29, 1.82) is 0 Å². The zero-order valence-electron chi connectivity index (χ0n) is 12.3. The third-order valence-electron chi connectivity index (χ3n) is 4.31. The fraction of sp³-hybridized carbons (Fsp3) is 0.111. The minimum absolute atomic E-state index is 1.28. The van der Waals surface area contributed by atoms with Gasteiger partial charge in [-0.15, -0.1) is 0 Å². The Morgan fingerprint density at radius 2 is 1.00 bits per heavy atom. The summed E-state index contributed by atoms with van der Waals surface area (Å²) in [5.74, 6) is 0. The highest BCUT2D eigenvalue weighted by Gasteiger charge is 2.21. The third kappa shape index (κ3) is 1.89. The first-order valence-corrected chi connectivity index (χ1v) is 9.23. The summed E-state index contributed by atoms with van der Waals surface area (Å²) >= 11 is 4.97. The first-order chi connectivity index (χ1) is 10.6. The van der Waals surface area contributed by atoms with Crippen molar-refractivity contribution in [1.82, 2.24) is 9.13 Å². The van der Waals surface area contributed by atoms with Crippen molar-refractivity contribution >= 4 is 67.0 Å². The van der Waals surface area contributed by atoms with Gasteiger partial charge in [0.1, 0.15) is 0 Å². The fourth-order valence-corrected chi connectivity index (χ4v) is 5.37. The lowest BCUT2D eigenvalue weighted by Crippen LogP contribution is -1.99. The molecule has 0 amide bonds. The maximum atomic E-state index is 2.48. The van der Waals surface area contributed by atoms with Crippen LogP contribution in [0.15, 0.2) is 48.5 Å². The molecule has 0 saturated carbocycles. The summed E-state index contributed by atoms with van der Waals surface area (Å²) in [5, 5.41) is 2.64. The molecule has 0 aliphatic rings. The first kappa shape index (κ1) is 14.6. The second-order valence-corrected chi connectivity index (χ2v) is 7.64. The molecule has 0 atom stereocenters. The maximum absolute atomic E-state index is 2.48. The van der Waals surface area contributed by atoms with Gasteiger partial charge >= 0.3 is 0 Å². The van der Waals surface area contributed by atoms with E-state index >= 15 is 0 Å². The number of para-hydroxylation sites is 2. The van der Waals surface area contributed by atoms with Crippen LogP contribution in [-0.4, -0.2) is 9.13 Å². The van der Waals surface area contributed by atoms with Crippen molar-refractivity contribution in [2.45, 2.75) is 0 Å². The smallest absolute Gasteiger partial charge is 0.0803 e. The summed E-state index contributed by atoms with van der Waals surface area (Å²) in [6.45, 7) is 0. The van der Waals surface area contributed by atoms with Crippen LogP contribution >= 0.6 is 45.2 Å². The number of fused-ring (bicyclic) bond motifs is 2. The van der Waals surface area contributed by atoms with Crippen molar-refractivity contribution in [2.24, 2.45) is 14.1 Å². The molecule has 4 rings (SSSR count). The van der Waals surface area contributed by atoms with Crippen LogP contribution in [0.5, 0.6) is 0 Å². The number of hydrogen-bond acceptors (Lipinski definition) is 0. The molecular formula is C18H14I2N2. The molecule has 4 aromatic rings. The topological polar surface area (TPSA) is 9.86 Å². The van der Waals surface area contributed by atoms with Gasteiger partial charge in [-0.3, -0.25) is 0 Å². The van der Waals surface area contributed by atoms with Crippen molar-refractivity contribution < 1.29 is 0 Å². The quantitative estimate of drug-likeness (QED) is 0.297. The summed E-state index contributed by atoms with van der Waals surface area (Å²) in [7, 11) is 4.32. The highest BCUT2D eigenvalue weighted by molar-refractivity contribution is 14.1. The number of nitrogens with zero attached hydrogens (tertiary/aromatic N) is 2. The summed E-state index contributed by atoms with van der Waals surface area (Å²) in [4.78, 5) is 0. The van der Waals surface area contributed by atoms with Gasteiger partial charge in [-0.2, -0.15) is 0 Å². The van der Waals surface area contributed by atoms with E-state index in [0.29, 0.717) is 0 Å². The Morgan fingerprint density at radius 3 is 1.36 bits per heavy atom. The number of benzene rings is 2. The molecule has 0 aliphatic carbocycles. The van der Waals surface area contributed by atoms with E-state index in [0.717, 1.165) is 0 Å². The maximum Gasteiger partial charge on any atom is 0.0803 e. The fourth-order valence-electron chi connectivity index (χ4n) is 3.22. The van der Waals surface area contributed by atoms with Gasteiger partial charge in [0.15, 0.2) is 0 Å². The van der Waals surface area contributed by atoms with E-state index in [9.17, 15) is 0 Å². The number of halogens is 2. The summed E-state index contributed by atoms with van der Waals surface area (Å²) in [5.41, 5.74) is 5.15. The van der Waals surface area contributed by atoms with Crippen molar-refractivity contribution in [2.75, 3.05) is 0 Å². The normalized spacial score (nSPS) is 11.6. The average molecular weight is 512 g/mol. The van der Waals surface area contributed by atoms with Crippen LogP contribution in [-0.2, 0) is 14.1 Å². The van der Waals surface area contributed by atoms with Crippen LogP contribution in [0.1, 0.15) is 0 Å². The van der Waals surface area contributed by atoms with Crippen LogP contribution in [0.25, 0.3) is 33.2 Å². The van der Waals surface area contributed by atoms with E-state index in [4.69, 9.17) is 0 Å². The SMILES string of the molecule is Cn1c(-c2c(I)c3ccccc3n2C)c(I)c2ccccc21. The first-order valence-electron chi connectivity index (χ1n) is 7.07. The Balaban J connectivity index is 2.17. The van der Waals surface area contributed by atoms with Gasteiger partial charge in [0.05, 0.1) is 11.4 Å². The lowest BCUT2D eigenvalue weighted by atomic mass is 10.2. The van der Waals surface area contributed by atoms with Gasteiger partial charge in [-0.1, -0.05) is 36.4 Å². The molecule has 0 saturated heterocycles. The molecule has 0 radical (unpaired) electrons. The second-order valence-electron chi connectivity index (χ2n) is 5.48. The second kappa shape index (κ2) is 5.26. The lowest BCUT2D eigenvalue weighted by molar-refractivity contribution is 0.919. The monoisotopic (exact) mass is 512 g/mol. The predicted octanol–water partition coefficient (Wildman–Crippen LogP) is 5.55. The van der Waals surface area contributed by atoms with Crippen LogP contribution in [0.4, 0.5) is 0 Å². The zero-order valence-corrected chi connectivity index (χ0v) is 16.6. The zero-order chi connectivity index (χ0) is 15.4. The molecule has 22 heavy (non-hydrogen) atoms. The van der Waals surface area contributed by atoms with E-state index in [1.54, 1.807) is 0 Å². The minimum Gasteiger partial charge on any atom is -0.341 e. The van der Waals surface area contributed by atoms with Crippen LogP contribution < -0.4 is 0 Å². The molecule has 0 spiro atoms. The Morgan fingerprint density at radius 1 is 0.636 bits per heavy atom. The molecule has 0 aliphatic heterocycles. The number of aromatic nitrogens is 2. The Kier molecular flexibility index (Phi) is 3.48. The molecule has 0 unspecified atom stereocenters. The predicted molar refractivity (Wildman–Crippen MR) is 110 cm³/mol. The molecular weight excluding hydrogens is 498 g/mol. The summed E-state index contributed by atoms with van der Waals surface area (Å²) < 4.78 is 7.26. The molecule has 0 bridgehead atoms. The molecule has 110 valence electrons. The van der Waals surface area contributed by atoms with Crippen LogP contribution in [0.2, 0.25) is 0 Å². The lowest BCUT2D eigenvalue weighted by Gasteiger charge is -2.08. The molecule has 2 aromatic carbocycles. The van der Waals surface area contributed by atoms with Crippen molar-refractivity contribution in [3.05, 3.63) is 55.7 Å². The molecule has 0 fully saturated rings. The van der Waals surface area contributed by atoms with Crippen LogP contribution in [0, 0.1) is 7.14 Å². The van der Waals surface area contributed by atoms with E-state index < -0.39 is 0 Å². The van der Waals surface area contributed by atoms with Gasteiger partial charge in [0.25, 0.3) is 0 Å². The van der Waals surface area contributed by atoms with E-state index in [1.165, 1.54) is 40.3 Å². The Bertz CT molecular complexity index is 863. The molecule has 2 aromatic heterocycles. The number of rotatable bonds is 1. The standard InChI is InChI=1S/C18H14I2N2/c1-21-13-9-5-3-7-11(13)15(19)17(21)18-16(20)12-8-4-6-10-14(12)22(18)2/h3-10H,1-2H3. The van der Waals surface area contributed by atoms with E-state index in [1.807, 2.05) is 0 Å². The van der Waals surface area contributed by atoms with E-state index in [-0.39, 0.29) is 0 Å². The molecule has 4 heteroatoms. The third-order valence-corrected chi connectivity index (χ3v) is 6.50. The van der Waals surface area contributed by atoms with E-state index in [2.05, 4.69) is 117 Å². The van der Waals surface area contributed by atoms with Gasteiger partial charge < -0.3 is 9.13 Å². The highest BCUT2D eigenvalue weighted by Crippen LogP contribution is 2.39. The number of aryl methyl sites for hydroxylation is 2. The molecule has 2 heterocycles. The summed E-state index contributed by atoms with van der Waals surface area (Å²) in [6.07, 6.45) is 0. The van der Waals surface area contributed by atoms with Gasteiger partial charge in [-0.05, 0) is 57.3 Å². The number of hydrogen-bond donors (Lipinski definition) is 0. The van der Waals surface area contributed by atoms with Crippen molar-refractivity contribution in [3.63, 3.8) is 0 Å². The van der Waals surface area contributed by atoms with Crippen LogP contribution in [0.3, 0.4) is 0 Å². The van der Waals surface area contributed by atoms with Gasteiger partial charge in [0.2, 0.25) is 0 Å². The Hall–Kier alpha value is -1.02. The van der Waals surface area contributed by atoms with Gasteiger partial charge in [0, 0.05) is 43.0 Å².